The minimum Gasteiger partial charge on any atom is -0.481 e. The number of benzene rings is 2. The highest BCUT2D eigenvalue weighted by atomic mass is 35.5. The number of likely N-dealkylation sites (tertiary alicyclic amines) is 1. The predicted octanol–water partition coefficient (Wildman–Crippen LogP) is 6.70. The highest BCUT2D eigenvalue weighted by molar-refractivity contribution is 6.36. The lowest BCUT2D eigenvalue weighted by atomic mass is 9.57. The number of aryl methyl sites for hydroxylation is 2. The first kappa shape index (κ1) is 24.5. The molecule has 2 aliphatic rings. The maximum Gasteiger partial charge on any atom is 0.416 e. The summed E-state index contributed by atoms with van der Waals surface area (Å²) in [6.07, 6.45) is -2.56. The van der Waals surface area contributed by atoms with Crippen LogP contribution in [0.2, 0.25) is 10.0 Å². The Bertz CT molecular complexity index is 1330. The summed E-state index contributed by atoms with van der Waals surface area (Å²) in [5, 5.41) is 11.0. The predicted molar refractivity (Wildman–Crippen MR) is 130 cm³/mol. The molecule has 1 saturated heterocycles. The molecule has 0 atom stereocenters. The third kappa shape index (κ3) is 4.32. The van der Waals surface area contributed by atoms with Crippen molar-refractivity contribution in [1.82, 2.24) is 9.47 Å². The Morgan fingerprint density at radius 2 is 1.86 bits per heavy atom. The lowest BCUT2D eigenvalue weighted by Gasteiger charge is -2.58. The first-order chi connectivity index (χ1) is 16.4. The molecular formula is C26H25Cl2F3N2O2. The third-order valence-corrected chi connectivity index (χ3v) is 8.46. The van der Waals surface area contributed by atoms with E-state index in [9.17, 15) is 18.0 Å². The largest absolute Gasteiger partial charge is 0.481 e. The Labute approximate surface area is 211 Å². The first-order valence-electron chi connectivity index (χ1n) is 11.4. The third-order valence-electron chi connectivity index (χ3n) is 7.64. The Morgan fingerprint density at radius 3 is 2.49 bits per heavy atom. The van der Waals surface area contributed by atoms with Crippen molar-refractivity contribution in [2.75, 3.05) is 13.1 Å². The number of halogens is 5. The van der Waals surface area contributed by atoms with Gasteiger partial charge in [-0.1, -0.05) is 29.3 Å². The number of nitrogens with zero attached hydrogens (tertiary/aromatic N) is 2. The molecule has 2 fully saturated rings. The molecule has 9 heteroatoms. The van der Waals surface area contributed by atoms with E-state index in [1.807, 2.05) is 18.2 Å². The van der Waals surface area contributed by atoms with Crippen molar-refractivity contribution in [3.8, 4) is 0 Å². The summed E-state index contributed by atoms with van der Waals surface area (Å²) in [5.41, 5.74) is 3.04. The molecule has 1 saturated carbocycles. The number of carboxylic acid groups (broad SMARTS) is 1. The molecule has 1 aliphatic heterocycles. The van der Waals surface area contributed by atoms with Crippen LogP contribution in [0.25, 0.3) is 10.9 Å². The molecule has 0 unspecified atom stereocenters. The van der Waals surface area contributed by atoms with Gasteiger partial charge < -0.3 is 9.67 Å². The van der Waals surface area contributed by atoms with Crippen LogP contribution in [0.15, 0.2) is 30.3 Å². The van der Waals surface area contributed by atoms with Gasteiger partial charge in [-0.2, -0.15) is 13.2 Å². The Balaban J connectivity index is 1.37. The van der Waals surface area contributed by atoms with Crippen molar-refractivity contribution in [2.45, 2.75) is 38.9 Å². The lowest BCUT2D eigenvalue weighted by molar-refractivity contribution is -0.161. The van der Waals surface area contributed by atoms with Crippen LogP contribution in [0, 0.1) is 18.3 Å². The Hall–Kier alpha value is -2.22. The van der Waals surface area contributed by atoms with Gasteiger partial charge in [0, 0.05) is 54.7 Å². The SMILES string of the molecule is Cc1cc(C(F)(F)F)cc2c1cc(Cc1c(Cl)ccc(CN3CC4(CC(C(=O)O)C4)C3)c1Cl)n2C. The number of aliphatic carboxylic acids is 1. The molecule has 2 aromatic carbocycles. The molecule has 0 bridgehead atoms. The first-order valence-corrected chi connectivity index (χ1v) is 12.2. The van der Waals surface area contributed by atoms with Crippen LogP contribution in [-0.2, 0) is 31.0 Å². The van der Waals surface area contributed by atoms with Crippen molar-refractivity contribution in [3.05, 3.63) is 68.3 Å². The normalized spacial score (nSPS) is 18.1. The number of hydrogen-bond donors (Lipinski definition) is 1. The molecular weight excluding hydrogens is 500 g/mol. The van der Waals surface area contributed by atoms with Crippen LogP contribution in [0.1, 0.15) is 40.8 Å². The van der Waals surface area contributed by atoms with Crippen molar-refractivity contribution < 1.29 is 23.1 Å². The number of carboxylic acids is 1. The number of alkyl halides is 3. The van der Waals surface area contributed by atoms with E-state index in [-0.39, 0.29) is 11.3 Å². The molecule has 5 rings (SSSR count). The molecule has 1 N–H and O–H groups in total. The quantitative estimate of drug-likeness (QED) is 0.403. The fourth-order valence-electron chi connectivity index (χ4n) is 5.78. The molecule has 35 heavy (non-hydrogen) atoms. The number of rotatable bonds is 5. The Kier molecular flexibility index (Phi) is 5.89. The Morgan fingerprint density at radius 1 is 1.17 bits per heavy atom. The average Bonchev–Trinajstić information content (AvgIpc) is 3.03. The van der Waals surface area contributed by atoms with Gasteiger partial charge in [0.1, 0.15) is 0 Å². The standard InChI is InChI=1S/C26H25Cl2F3N2O2/c1-14-5-17(26(29,30)31)6-22-19(14)7-18(32(22)2)8-20-21(27)4-3-15(23(20)28)11-33-12-25(13-33)9-16(10-25)24(34)35/h3-7,16H,8-13H2,1-2H3,(H,34,35). The number of hydrogen-bond acceptors (Lipinski definition) is 2. The fraction of sp³-hybridized carbons (Fsp3) is 0.423. The van der Waals surface area contributed by atoms with Crippen LogP contribution in [0.5, 0.6) is 0 Å². The van der Waals surface area contributed by atoms with Crippen LogP contribution in [-0.4, -0.2) is 33.6 Å². The van der Waals surface area contributed by atoms with Crippen LogP contribution in [0.4, 0.5) is 13.2 Å². The van der Waals surface area contributed by atoms with E-state index in [4.69, 9.17) is 28.3 Å². The van der Waals surface area contributed by atoms with Gasteiger partial charge in [-0.15, -0.1) is 0 Å². The zero-order valence-electron chi connectivity index (χ0n) is 19.3. The van der Waals surface area contributed by atoms with E-state index in [0.717, 1.165) is 48.1 Å². The second-order valence-electron chi connectivity index (χ2n) is 10.2. The van der Waals surface area contributed by atoms with Crippen molar-refractivity contribution >= 4 is 40.1 Å². The topological polar surface area (TPSA) is 45.5 Å². The van der Waals surface area contributed by atoms with Gasteiger partial charge in [0.05, 0.1) is 16.5 Å². The molecule has 186 valence electrons. The van der Waals surface area contributed by atoms with Gasteiger partial charge in [-0.3, -0.25) is 9.69 Å². The van der Waals surface area contributed by atoms with E-state index in [1.54, 1.807) is 18.5 Å². The second-order valence-corrected chi connectivity index (χ2v) is 11.0. The lowest BCUT2D eigenvalue weighted by Crippen LogP contribution is -2.62. The summed E-state index contributed by atoms with van der Waals surface area (Å²) < 4.78 is 41.7. The smallest absolute Gasteiger partial charge is 0.416 e. The van der Waals surface area contributed by atoms with Crippen molar-refractivity contribution in [1.29, 1.82) is 0 Å². The van der Waals surface area contributed by atoms with Crippen LogP contribution < -0.4 is 0 Å². The van der Waals surface area contributed by atoms with Gasteiger partial charge >= 0.3 is 12.1 Å². The summed E-state index contributed by atoms with van der Waals surface area (Å²) in [5.74, 6) is -0.933. The highest BCUT2D eigenvalue weighted by Gasteiger charge is 2.54. The molecule has 0 amide bonds. The number of carbonyl (C=O) groups is 1. The van der Waals surface area contributed by atoms with E-state index in [0.29, 0.717) is 34.1 Å². The fourth-order valence-corrected chi connectivity index (χ4v) is 6.35. The van der Waals surface area contributed by atoms with Gasteiger partial charge in [-0.25, -0.2) is 0 Å². The summed E-state index contributed by atoms with van der Waals surface area (Å²) >= 11 is 13.3. The second kappa shape index (κ2) is 8.43. The number of fused-ring (bicyclic) bond motifs is 1. The average molecular weight is 525 g/mol. The van der Waals surface area contributed by atoms with Gasteiger partial charge in [0.25, 0.3) is 0 Å². The summed E-state index contributed by atoms with van der Waals surface area (Å²) in [4.78, 5) is 13.4. The monoisotopic (exact) mass is 524 g/mol. The van der Waals surface area contributed by atoms with Gasteiger partial charge in [-0.05, 0) is 66.1 Å². The van der Waals surface area contributed by atoms with E-state index >= 15 is 0 Å². The zero-order valence-corrected chi connectivity index (χ0v) is 20.9. The maximum atomic E-state index is 13.3. The van der Waals surface area contributed by atoms with Gasteiger partial charge in [0.15, 0.2) is 0 Å². The minimum atomic E-state index is -4.41. The summed E-state index contributed by atoms with van der Waals surface area (Å²) in [6, 6.07) is 7.97. The molecule has 4 nitrogen and oxygen atoms in total. The van der Waals surface area contributed by atoms with Crippen molar-refractivity contribution in [2.24, 2.45) is 18.4 Å². The highest BCUT2D eigenvalue weighted by Crippen LogP contribution is 2.52. The molecule has 1 aliphatic carbocycles. The molecule has 1 spiro atoms. The molecule has 3 aromatic rings. The molecule has 1 aromatic heterocycles. The molecule has 2 heterocycles. The summed E-state index contributed by atoms with van der Waals surface area (Å²) in [7, 11) is 1.76. The maximum absolute atomic E-state index is 13.3. The zero-order chi connectivity index (χ0) is 25.3. The van der Waals surface area contributed by atoms with E-state index in [2.05, 4.69) is 4.90 Å². The van der Waals surface area contributed by atoms with E-state index < -0.39 is 17.7 Å². The number of aromatic nitrogens is 1. The van der Waals surface area contributed by atoms with Gasteiger partial charge in [0.2, 0.25) is 0 Å². The van der Waals surface area contributed by atoms with Crippen LogP contribution >= 0.6 is 23.2 Å². The van der Waals surface area contributed by atoms with Crippen molar-refractivity contribution in [3.63, 3.8) is 0 Å². The minimum absolute atomic E-state index is 0.126. The molecule has 0 radical (unpaired) electrons. The van der Waals surface area contributed by atoms with Crippen LogP contribution in [0.3, 0.4) is 0 Å². The summed E-state index contributed by atoms with van der Waals surface area (Å²) in [6.45, 7) is 4.04. The van der Waals surface area contributed by atoms with E-state index in [1.165, 1.54) is 12.1 Å².